The molecule has 4 nitrogen and oxygen atoms in total. The predicted octanol–water partition coefficient (Wildman–Crippen LogP) is 8.73. The molecule has 0 bridgehead atoms. The molecule has 0 saturated heterocycles. The van der Waals surface area contributed by atoms with Crippen molar-refractivity contribution in [1.82, 2.24) is 4.90 Å². The van der Waals surface area contributed by atoms with E-state index in [1.165, 1.54) is 57.8 Å². The minimum absolute atomic E-state index is 0.0683. The molecule has 1 aromatic rings. The number of benzene rings is 1. The van der Waals surface area contributed by atoms with E-state index in [0.717, 1.165) is 56.4 Å². The maximum Gasteiger partial charge on any atom is 0.389 e. The van der Waals surface area contributed by atoms with Crippen molar-refractivity contribution in [1.29, 1.82) is 0 Å². The number of ether oxygens (including phenoxy) is 1. The summed E-state index contributed by atoms with van der Waals surface area (Å²) >= 11 is 0. The second-order valence-corrected chi connectivity index (χ2v) is 11.0. The Morgan fingerprint density at radius 3 is 1.84 bits per heavy atom. The average Bonchev–Trinajstić information content (AvgIpc) is 2.87. The number of aliphatic hydroxyl groups excluding tert-OH is 1. The molecular weight excluding hydrogens is 489 g/mol. The molecule has 0 radical (unpaired) electrons. The Labute approximate surface area is 230 Å². The van der Waals surface area contributed by atoms with Gasteiger partial charge in [0.1, 0.15) is 0 Å². The third-order valence-electron chi connectivity index (χ3n) is 6.99. The monoisotopic (exact) mass is 544 g/mol. The van der Waals surface area contributed by atoms with Gasteiger partial charge in [-0.3, -0.25) is 0 Å². The molecule has 222 valence electrons. The lowest BCUT2D eigenvalue weighted by atomic mass is 10.0. The number of likely N-dealkylation sites (N-methyl/N-ethyl adjacent to an activating group) is 1. The zero-order chi connectivity index (χ0) is 27.9. The molecular formula is C31H55F3N2O2. The maximum atomic E-state index is 12.1. The fourth-order valence-electron chi connectivity index (χ4n) is 4.63. The highest BCUT2D eigenvalue weighted by atomic mass is 19.4. The van der Waals surface area contributed by atoms with Gasteiger partial charge in [0.25, 0.3) is 0 Å². The highest BCUT2D eigenvalue weighted by Gasteiger charge is 2.25. The third-order valence-corrected chi connectivity index (χ3v) is 6.99. The standard InChI is InChI=1S/C31H55F3N2O2/c1-36(2)24-23-35-29-20-18-19-28(25-29)27-38-30(26-37)21-16-14-12-10-8-6-4-3-5-7-9-11-13-15-17-22-31(32,33)34/h18-20,25,30,35,37H,3-17,21-24,26-27H2,1-2H3/t30-/m0/s1. The summed E-state index contributed by atoms with van der Waals surface area (Å²) in [4.78, 5) is 2.15. The van der Waals surface area contributed by atoms with E-state index in [4.69, 9.17) is 4.74 Å². The van der Waals surface area contributed by atoms with Crippen LogP contribution in [-0.4, -0.2) is 56.1 Å². The zero-order valence-corrected chi connectivity index (χ0v) is 24.2. The Bertz CT molecular complexity index is 671. The van der Waals surface area contributed by atoms with Crippen LogP contribution < -0.4 is 5.32 Å². The molecule has 0 saturated carbocycles. The van der Waals surface area contributed by atoms with E-state index >= 15 is 0 Å². The first-order valence-corrected chi connectivity index (χ1v) is 15.1. The van der Waals surface area contributed by atoms with Gasteiger partial charge in [0, 0.05) is 25.2 Å². The van der Waals surface area contributed by atoms with E-state index in [1.807, 2.05) is 6.07 Å². The molecule has 38 heavy (non-hydrogen) atoms. The minimum Gasteiger partial charge on any atom is -0.394 e. The van der Waals surface area contributed by atoms with Gasteiger partial charge >= 0.3 is 6.18 Å². The summed E-state index contributed by atoms with van der Waals surface area (Å²) in [6.07, 6.45) is 12.8. The molecule has 0 aliphatic rings. The number of nitrogens with zero attached hydrogens (tertiary/aromatic N) is 1. The van der Waals surface area contributed by atoms with E-state index < -0.39 is 12.6 Å². The van der Waals surface area contributed by atoms with Crippen LogP contribution in [0.1, 0.15) is 115 Å². The first-order valence-electron chi connectivity index (χ1n) is 15.1. The molecule has 1 atom stereocenters. The van der Waals surface area contributed by atoms with Gasteiger partial charge in [0.15, 0.2) is 0 Å². The lowest BCUT2D eigenvalue weighted by Gasteiger charge is -2.16. The molecule has 7 heteroatoms. The molecule has 0 aliphatic carbocycles. The van der Waals surface area contributed by atoms with E-state index in [2.05, 4.69) is 42.5 Å². The van der Waals surface area contributed by atoms with Crippen molar-refractivity contribution in [3.8, 4) is 0 Å². The van der Waals surface area contributed by atoms with Crippen LogP contribution in [0.5, 0.6) is 0 Å². The Hall–Kier alpha value is -1.31. The highest BCUT2D eigenvalue weighted by molar-refractivity contribution is 5.45. The summed E-state index contributed by atoms with van der Waals surface area (Å²) in [6, 6.07) is 8.30. The van der Waals surface area contributed by atoms with Crippen LogP contribution in [0.25, 0.3) is 0 Å². The number of aliphatic hydroxyl groups is 1. The van der Waals surface area contributed by atoms with Crippen LogP contribution in [0.3, 0.4) is 0 Å². The Morgan fingerprint density at radius 1 is 0.816 bits per heavy atom. The summed E-state index contributed by atoms with van der Waals surface area (Å²) in [7, 11) is 4.13. The Kier molecular flexibility index (Phi) is 20.6. The quantitative estimate of drug-likeness (QED) is 0.121. The number of hydrogen-bond acceptors (Lipinski definition) is 4. The second-order valence-electron chi connectivity index (χ2n) is 11.0. The molecule has 0 fully saturated rings. The zero-order valence-electron chi connectivity index (χ0n) is 24.2. The topological polar surface area (TPSA) is 44.7 Å². The predicted molar refractivity (Wildman–Crippen MR) is 154 cm³/mol. The second kappa shape index (κ2) is 22.5. The summed E-state index contributed by atoms with van der Waals surface area (Å²) in [6.45, 7) is 2.48. The van der Waals surface area contributed by atoms with Crippen molar-refractivity contribution in [3.63, 3.8) is 0 Å². The molecule has 1 rings (SSSR count). The van der Waals surface area contributed by atoms with E-state index in [-0.39, 0.29) is 19.1 Å². The van der Waals surface area contributed by atoms with Crippen LogP contribution in [0.4, 0.5) is 18.9 Å². The minimum atomic E-state index is -3.99. The number of halogens is 3. The summed E-state index contributed by atoms with van der Waals surface area (Å²) < 4.78 is 42.2. The van der Waals surface area contributed by atoms with Crippen LogP contribution in [0.15, 0.2) is 24.3 Å². The fourth-order valence-corrected chi connectivity index (χ4v) is 4.63. The number of hydrogen-bond donors (Lipinski definition) is 2. The van der Waals surface area contributed by atoms with Gasteiger partial charge in [0.2, 0.25) is 0 Å². The van der Waals surface area contributed by atoms with Crippen molar-refractivity contribution in [2.75, 3.05) is 39.1 Å². The highest BCUT2D eigenvalue weighted by Crippen LogP contribution is 2.23. The molecule has 2 N–H and O–H groups in total. The summed E-state index contributed by atoms with van der Waals surface area (Å²) in [5, 5.41) is 13.1. The fraction of sp³-hybridized carbons (Fsp3) is 0.806. The first-order chi connectivity index (χ1) is 18.3. The summed E-state index contributed by atoms with van der Waals surface area (Å²) in [5.41, 5.74) is 2.23. The third kappa shape index (κ3) is 21.6. The summed E-state index contributed by atoms with van der Waals surface area (Å²) in [5.74, 6) is 0. The molecule has 0 unspecified atom stereocenters. The van der Waals surface area contributed by atoms with E-state index in [1.54, 1.807) is 0 Å². The lowest BCUT2D eigenvalue weighted by molar-refractivity contribution is -0.135. The SMILES string of the molecule is CN(C)CCNc1cccc(CO[C@H](CO)CCCCCCCCCCCCCCCCCC(F)(F)F)c1. The number of nitrogens with one attached hydrogen (secondary N) is 1. The molecule has 1 aromatic carbocycles. The molecule has 0 aromatic heterocycles. The molecule has 0 spiro atoms. The Balaban J connectivity index is 1.93. The van der Waals surface area contributed by atoms with E-state index in [0.29, 0.717) is 13.0 Å². The van der Waals surface area contributed by atoms with Crippen molar-refractivity contribution in [3.05, 3.63) is 29.8 Å². The molecule has 0 aliphatic heterocycles. The van der Waals surface area contributed by atoms with Gasteiger partial charge in [-0.2, -0.15) is 13.2 Å². The van der Waals surface area contributed by atoms with Crippen LogP contribution in [-0.2, 0) is 11.3 Å². The van der Waals surface area contributed by atoms with Gasteiger partial charge < -0.3 is 20.1 Å². The molecule has 0 amide bonds. The van der Waals surface area contributed by atoms with Crippen molar-refractivity contribution >= 4 is 5.69 Å². The van der Waals surface area contributed by atoms with Crippen LogP contribution in [0, 0.1) is 0 Å². The van der Waals surface area contributed by atoms with Gasteiger partial charge in [-0.1, -0.05) is 102 Å². The maximum absolute atomic E-state index is 12.1. The lowest BCUT2D eigenvalue weighted by Crippen LogP contribution is -2.20. The normalized spacial score (nSPS) is 12.8. The van der Waals surface area contributed by atoms with Crippen LogP contribution >= 0.6 is 0 Å². The van der Waals surface area contributed by atoms with Gasteiger partial charge in [-0.15, -0.1) is 0 Å². The molecule has 0 heterocycles. The smallest absolute Gasteiger partial charge is 0.389 e. The van der Waals surface area contributed by atoms with Crippen molar-refractivity contribution in [2.24, 2.45) is 0 Å². The van der Waals surface area contributed by atoms with Gasteiger partial charge in [-0.25, -0.2) is 0 Å². The van der Waals surface area contributed by atoms with E-state index in [9.17, 15) is 18.3 Å². The van der Waals surface area contributed by atoms with Gasteiger partial charge in [0.05, 0.1) is 19.3 Å². The number of alkyl halides is 3. The number of anilines is 1. The first kappa shape index (κ1) is 34.7. The average molecular weight is 545 g/mol. The number of unbranched alkanes of at least 4 members (excludes halogenated alkanes) is 14. The van der Waals surface area contributed by atoms with Gasteiger partial charge in [-0.05, 0) is 44.6 Å². The van der Waals surface area contributed by atoms with Crippen molar-refractivity contribution in [2.45, 2.75) is 128 Å². The Morgan fingerprint density at radius 2 is 1.34 bits per heavy atom. The number of rotatable bonds is 25. The van der Waals surface area contributed by atoms with Crippen molar-refractivity contribution < 1.29 is 23.0 Å². The largest absolute Gasteiger partial charge is 0.394 e. The van der Waals surface area contributed by atoms with Crippen LogP contribution in [0.2, 0.25) is 0 Å².